The predicted molar refractivity (Wildman–Crippen MR) is 211 cm³/mol. The van der Waals surface area contributed by atoms with E-state index >= 15 is 0 Å². The van der Waals surface area contributed by atoms with Gasteiger partial charge in [0, 0.05) is 19.5 Å². The maximum Gasteiger partial charge on any atom is 0.326 e. The number of nitrogens with two attached hydrogens (primary N) is 3. The van der Waals surface area contributed by atoms with E-state index in [1.807, 2.05) is 0 Å². The number of benzene rings is 1. The van der Waals surface area contributed by atoms with Crippen LogP contribution in [-0.2, 0) is 44.8 Å². The molecular formula is C37H58N10O12. The van der Waals surface area contributed by atoms with Gasteiger partial charge in [0.2, 0.25) is 35.4 Å². The van der Waals surface area contributed by atoms with E-state index in [1.165, 1.54) is 11.8 Å². The van der Waals surface area contributed by atoms with Crippen molar-refractivity contribution in [2.45, 2.75) is 114 Å². The second-order valence-corrected chi connectivity index (χ2v) is 14.3. The highest BCUT2D eigenvalue weighted by atomic mass is 16.4. The van der Waals surface area contributed by atoms with Gasteiger partial charge in [0.15, 0.2) is 5.96 Å². The van der Waals surface area contributed by atoms with Crippen molar-refractivity contribution in [3.8, 4) is 0 Å². The van der Waals surface area contributed by atoms with Crippen molar-refractivity contribution in [3.63, 3.8) is 0 Å². The second kappa shape index (κ2) is 24.1. The Labute approximate surface area is 341 Å². The number of aliphatic imine (C=N–C) groups is 1. The Kier molecular flexibility index (Phi) is 20.2. The van der Waals surface area contributed by atoms with Crippen molar-refractivity contribution in [3.05, 3.63) is 35.9 Å². The molecule has 1 aromatic rings. The van der Waals surface area contributed by atoms with Crippen LogP contribution in [0.4, 0.5) is 0 Å². The van der Waals surface area contributed by atoms with Gasteiger partial charge < -0.3 is 69.1 Å². The van der Waals surface area contributed by atoms with Crippen LogP contribution in [0.2, 0.25) is 0 Å². The van der Waals surface area contributed by atoms with E-state index in [9.17, 15) is 53.7 Å². The quantitative estimate of drug-likeness (QED) is 0.0268. The van der Waals surface area contributed by atoms with Crippen LogP contribution in [0.15, 0.2) is 35.3 Å². The normalized spacial score (nSPS) is 17.7. The summed E-state index contributed by atoms with van der Waals surface area (Å²) in [4.78, 5) is 109. The number of aliphatic hydroxyl groups excluding tert-OH is 2. The van der Waals surface area contributed by atoms with E-state index in [1.54, 1.807) is 44.2 Å². The van der Waals surface area contributed by atoms with Crippen molar-refractivity contribution in [2.24, 2.45) is 28.1 Å². The first-order chi connectivity index (χ1) is 27.8. The molecule has 1 aromatic carbocycles. The van der Waals surface area contributed by atoms with Crippen LogP contribution in [0, 0.1) is 5.92 Å². The predicted octanol–water partition coefficient (Wildman–Crippen LogP) is -4.00. The first-order valence-electron chi connectivity index (χ1n) is 19.2. The Morgan fingerprint density at radius 3 is 2.02 bits per heavy atom. The highest BCUT2D eigenvalue weighted by molar-refractivity contribution is 5.98. The van der Waals surface area contributed by atoms with Gasteiger partial charge in [0.25, 0.3) is 0 Å². The molecule has 1 heterocycles. The smallest absolute Gasteiger partial charge is 0.326 e. The monoisotopic (exact) mass is 834 g/mol. The fraction of sp³-hybridized carbons (Fsp3) is 0.595. The van der Waals surface area contributed by atoms with E-state index in [0.717, 1.165) is 0 Å². The largest absolute Gasteiger partial charge is 0.481 e. The minimum Gasteiger partial charge on any atom is -0.481 e. The van der Waals surface area contributed by atoms with Gasteiger partial charge in [-0.2, -0.15) is 0 Å². The molecule has 0 bridgehead atoms. The van der Waals surface area contributed by atoms with Crippen molar-refractivity contribution in [2.75, 3.05) is 19.7 Å². The number of aliphatic carboxylic acids is 2. The molecule has 22 nitrogen and oxygen atoms in total. The Bertz CT molecular complexity index is 1660. The van der Waals surface area contributed by atoms with Gasteiger partial charge in [0.05, 0.1) is 25.2 Å². The number of nitrogens with one attached hydrogen (secondary N) is 5. The number of carbonyl (C=O) groups is 8. The number of nitrogens with zero attached hydrogens (tertiary/aromatic N) is 2. The number of carbonyl (C=O) groups excluding carboxylic acids is 6. The van der Waals surface area contributed by atoms with Crippen molar-refractivity contribution < 1.29 is 58.8 Å². The van der Waals surface area contributed by atoms with Crippen LogP contribution in [-0.4, -0.2) is 147 Å². The van der Waals surface area contributed by atoms with Gasteiger partial charge >= 0.3 is 11.9 Å². The average molecular weight is 835 g/mol. The summed E-state index contributed by atoms with van der Waals surface area (Å²) in [7, 11) is 0. The standard InChI is InChI=1S/C37H58N10O12/c1-4-19(2)28(45-34(56)29(20(3)49)46-30(52)22(38)17-27(50)51)33(55)43-24(16-21-10-6-5-7-11-21)35(57)47-15-9-13-26(47)32(54)44-25(18-48)31(53)42-23(36(58)59)12-8-14-41-37(39)40/h5-7,10-11,19-20,22-26,28-29,48-49H,4,8-9,12-18,38H2,1-3H3,(H,42,53)(H,43,55)(H,44,54)(H,45,56)(H,46,52)(H,50,51)(H,58,59)(H4,39,40,41)/t19-,20+,22-,23-,24-,25-,26-,28-,29-/m0/s1. The summed E-state index contributed by atoms with van der Waals surface area (Å²) in [5.41, 5.74) is 16.8. The van der Waals surface area contributed by atoms with E-state index in [2.05, 4.69) is 31.6 Å². The van der Waals surface area contributed by atoms with Crippen LogP contribution in [0.5, 0.6) is 0 Å². The second-order valence-electron chi connectivity index (χ2n) is 14.3. The SMILES string of the molecule is CC[C@H](C)[C@H](NC(=O)[C@@H](NC(=O)[C@@H](N)CC(=O)O)[C@@H](C)O)C(=O)N[C@@H](Cc1ccccc1)C(=O)N1CCC[C@H]1C(=O)N[C@@H](CO)C(=O)N[C@@H](CCCN=C(N)N)C(=O)O. The number of hydrogen-bond donors (Lipinski definition) is 12. The Morgan fingerprint density at radius 1 is 0.847 bits per heavy atom. The summed E-state index contributed by atoms with van der Waals surface area (Å²) in [6.07, 6.45) is -1.30. The molecule has 9 atom stereocenters. The molecular weight excluding hydrogens is 776 g/mol. The van der Waals surface area contributed by atoms with Gasteiger partial charge in [0.1, 0.15) is 36.3 Å². The van der Waals surface area contributed by atoms with Crippen LogP contribution in [0.1, 0.15) is 64.9 Å². The molecule has 15 N–H and O–H groups in total. The van der Waals surface area contributed by atoms with Crippen LogP contribution in [0.25, 0.3) is 0 Å². The highest BCUT2D eigenvalue weighted by Gasteiger charge is 2.41. The van der Waals surface area contributed by atoms with Gasteiger partial charge in [-0.25, -0.2) is 4.79 Å². The molecule has 1 saturated heterocycles. The van der Waals surface area contributed by atoms with E-state index in [-0.39, 0.29) is 44.7 Å². The van der Waals surface area contributed by atoms with Crippen LogP contribution >= 0.6 is 0 Å². The zero-order valence-electron chi connectivity index (χ0n) is 33.3. The van der Waals surface area contributed by atoms with Crippen molar-refractivity contribution in [1.82, 2.24) is 31.5 Å². The summed E-state index contributed by atoms with van der Waals surface area (Å²) in [6, 6.07) is -1.28. The minimum absolute atomic E-state index is 0.0489. The molecule has 0 aliphatic carbocycles. The lowest BCUT2D eigenvalue weighted by molar-refractivity contribution is -0.144. The number of rotatable bonds is 24. The number of guanidine groups is 1. The fourth-order valence-corrected chi connectivity index (χ4v) is 6.20. The molecule has 0 radical (unpaired) electrons. The third kappa shape index (κ3) is 15.8. The summed E-state index contributed by atoms with van der Waals surface area (Å²) < 4.78 is 0. The topological polar surface area (TPSA) is 371 Å². The lowest BCUT2D eigenvalue weighted by Crippen LogP contribution is -2.62. The molecule has 0 aromatic heterocycles. The summed E-state index contributed by atoms with van der Waals surface area (Å²) >= 11 is 0. The van der Waals surface area contributed by atoms with E-state index in [0.29, 0.717) is 18.4 Å². The maximum atomic E-state index is 14.3. The highest BCUT2D eigenvalue weighted by Crippen LogP contribution is 2.21. The lowest BCUT2D eigenvalue weighted by atomic mass is 9.96. The van der Waals surface area contributed by atoms with Crippen molar-refractivity contribution >= 4 is 53.3 Å². The molecule has 1 aliphatic heterocycles. The number of likely N-dealkylation sites (tertiary alicyclic amines) is 1. The Hall–Kier alpha value is -5.87. The number of carboxylic acid groups (broad SMARTS) is 2. The minimum atomic E-state index is -1.64. The van der Waals surface area contributed by atoms with Gasteiger partial charge in [-0.1, -0.05) is 50.6 Å². The van der Waals surface area contributed by atoms with Crippen molar-refractivity contribution in [1.29, 1.82) is 0 Å². The fourth-order valence-electron chi connectivity index (χ4n) is 6.20. The summed E-state index contributed by atoms with van der Waals surface area (Å²) in [5.74, 6) is -8.76. The third-order valence-corrected chi connectivity index (χ3v) is 9.70. The molecule has 1 fully saturated rings. The average Bonchev–Trinajstić information content (AvgIpc) is 3.68. The number of aliphatic hydroxyl groups is 2. The molecule has 59 heavy (non-hydrogen) atoms. The van der Waals surface area contributed by atoms with Gasteiger partial charge in [-0.15, -0.1) is 0 Å². The molecule has 0 saturated carbocycles. The number of carboxylic acids is 2. The van der Waals surface area contributed by atoms with Gasteiger partial charge in [-0.3, -0.25) is 38.6 Å². The number of hydrogen-bond acceptors (Lipinski definition) is 12. The molecule has 2 rings (SSSR count). The number of amides is 6. The first-order valence-corrected chi connectivity index (χ1v) is 19.2. The van der Waals surface area contributed by atoms with E-state index < -0.39 is 115 Å². The zero-order valence-corrected chi connectivity index (χ0v) is 33.3. The Morgan fingerprint density at radius 2 is 1.46 bits per heavy atom. The maximum absolute atomic E-state index is 14.3. The van der Waals surface area contributed by atoms with E-state index in [4.69, 9.17) is 22.3 Å². The molecule has 1 aliphatic rings. The molecule has 0 unspecified atom stereocenters. The summed E-state index contributed by atoms with van der Waals surface area (Å²) in [5, 5.41) is 51.1. The van der Waals surface area contributed by atoms with Crippen LogP contribution in [0.3, 0.4) is 0 Å². The molecule has 6 amide bonds. The molecule has 328 valence electrons. The van der Waals surface area contributed by atoms with Gasteiger partial charge in [-0.05, 0) is 44.1 Å². The molecule has 22 heteroatoms. The lowest BCUT2D eigenvalue weighted by Gasteiger charge is -2.32. The zero-order chi connectivity index (χ0) is 44.4. The first kappa shape index (κ1) is 49.3. The third-order valence-electron chi connectivity index (χ3n) is 9.70. The van der Waals surface area contributed by atoms with Crippen LogP contribution < -0.4 is 43.8 Å². The molecule has 0 spiro atoms. The summed E-state index contributed by atoms with van der Waals surface area (Å²) in [6.45, 7) is 3.87. The Balaban J connectivity index is 2.31.